The van der Waals surface area contributed by atoms with Crippen molar-refractivity contribution in [1.29, 1.82) is 0 Å². The Morgan fingerprint density at radius 1 is 1.43 bits per heavy atom. The summed E-state index contributed by atoms with van der Waals surface area (Å²) in [6.07, 6.45) is 4.10. The van der Waals surface area contributed by atoms with E-state index in [0.29, 0.717) is 5.92 Å². The summed E-state index contributed by atoms with van der Waals surface area (Å²) >= 11 is 0. The molecular formula is C15H20N2O4. The number of nitrogens with zero attached hydrogens (tertiary/aromatic N) is 2. The molecule has 1 aliphatic carbocycles. The van der Waals surface area contributed by atoms with E-state index in [1.165, 1.54) is 24.6 Å². The molecule has 2 unspecified atom stereocenters. The first-order valence-electron chi connectivity index (χ1n) is 7.15. The molecule has 0 bridgehead atoms. The smallest absolute Gasteiger partial charge is 0.311 e. The molecule has 1 amide bonds. The molecule has 6 nitrogen and oxygen atoms in total. The number of carbonyl (C=O) groups excluding carboxylic acids is 1. The number of nitro groups is 1. The van der Waals surface area contributed by atoms with Crippen LogP contribution < -0.4 is 0 Å². The van der Waals surface area contributed by atoms with Crippen LogP contribution in [-0.2, 0) is 0 Å². The Hall–Kier alpha value is -2.11. The van der Waals surface area contributed by atoms with Crippen molar-refractivity contribution in [3.63, 3.8) is 0 Å². The van der Waals surface area contributed by atoms with Crippen molar-refractivity contribution >= 4 is 11.6 Å². The highest BCUT2D eigenvalue weighted by Gasteiger charge is 2.29. The fourth-order valence-electron chi connectivity index (χ4n) is 2.96. The zero-order valence-corrected chi connectivity index (χ0v) is 12.3. The number of amides is 1. The van der Waals surface area contributed by atoms with Crippen LogP contribution in [0.3, 0.4) is 0 Å². The highest BCUT2D eigenvalue weighted by atomic mass is 16.6. The molecule has 1 saturated carbocycles. The predicted octanol–water partition coefficient (Wildman–Crippen LogP) is 2.95. The number of hydrogen-bond acceptors (Lipinski definition) is 4. The lowest BCUT2D eigenvalue weighted by Gasteiger charge is -2.34. The molecule has 0 spiro atoms. The summed E-state index contributed by atoms with van der Waals surface area (Å²) in [4.78, 5) is 24.2. The monoisotopic (exact) mass is 292 g/mol. The number of para-hydroxylation sites is 1. The molecule has 2 atom stereocenters. The van der Waals surface area contributed by atoms with Gasteiger partial charge in [-0.15, -0.1) is 0 Å². The first kappa shape index (κ1) is 15.3. The number of rotatable bonds is 3. The summed E-state index contributed by atoms with van der Waals surface area (Å²) in [7, 11) is 1.70. The molecule has 0 aromatic heterocycles. The van der Waals surface area contributed by atoms with E-state index in [4.69, 9.17) is 0 Å². The van der Waals surface area contributed by atoms with E-state index in [1.807, 2.05) is 0 Å². The zero-order valence-electron chi connectivity index (χ0n) is 12.3. The van der Waals surface area contributed by atoms with Gasteiger partial charge in [-0.2, -0.15) is 0 Å². The third-order valence-electron chi connectivity index (χ3n) is 4.22. The van der Waals surface area contributed by atoms with E-state index in [9.17, 15) is 20.0 Å². The highest BCUT2D eigenvalue weighted by molar-refractivity contribution is 5.98. The highest BCUT2D eigenvalue weighted by Crippen LogP contribution is 2.32. The Labute approximate surface area is 123 Å². The Morgan fingerprint density at radius 2 is 2.14 bits per heavy atom. The lowest BCUT2D eigenvalue weighted by Crippen LogP contribution is -2.39. The lowest BCUT2D eigenvalue weighted by atomic mass is 9.86. The van der Waals surface area contributed by atoms with Gasteiger partial charge in [-0.3, -0.25) is 14.9 Å². The molecule has 21 heavy (non-hydrogen) atoms. The Bertz CT molecular complexity index is 559. The molecule has 0 saturated heterocycles. The topological polar surface area (TPSA) is 83.7 Å². The van der Waals surface area contributed by atoms with Crippen LogP contribution >= 0.6 is 0 Å². The van der Waals surface area contributed by atoms with Gasteiger partial charge in [-0.1, -0.05) is 25.8 Å². The second kappa shape index (κ2) is 6.11. The van der Waals surface area contributed by atoms with E-state index >= 15 is 0 Å². The number of nitro benzene ring substituents is 1. The summed E-state index contributed by atoms with van der Waals surface area (Å²) in [5, 5.41) is 20.8. The van der Waals surface area contributed by atoms with Crippen molar-refractivity contribution in [2.24, 2.45) is 5.92 Å². The van der Waals surface area contributed by atoms with E-state index in [2.05, 4.69) is 6.92 Å². The third kappa shape index (κ3) is 3.15. The molecular weight excluding hydrogens is 272 g/mol. The minimum atomic E-state index is -0.686. The van der Waals surface area contributed by atoms with Crippen molar-refractivity contribution in [2.75, 3.05) is 7.05 Å². The minimum absolute atomic E-state index is 0.00933. The van der Waals surface area contributed by atoms with Gasteiger partial charge in [0.15, 0.2) is 0 Å². The van der Waals surface area contributed by atoms with Crippen LogP contribution in [0.15, 0.2) is 18.2 Å². The summed E-state index contributed by atoms with van der Waals surface area (Å²) in [5.74, 6) is -0.351. The maximum Gasteiger partial charge on any atom is 0.311 e. The number of aromatic hydroxyl groups is 1. The third-order valence-corrected chi connectivity index (χ3v) is 4.22. The number of hydrogen-bond donors (Lipinski definition) is 1. The number of phenols is 1. The second-order valence-electron chi connectivity index (χ2n) is 5.77. The van der Waals surface area contributed by atoms with Crippen LogP contribution in [0.2, 0.25) is 0 Å². The van der Waals surface area contributed by atoms with E-state index in [1.54, 1.807) is 11.9 Å². The van der Waals surface area contributed by atoms with Gasteiger partial charge in [-0.25, -0.2) is 0 Å². The summed E-state index contributed by atoms with van der Waals surface area (Å²) in [6.45, 7) is 2.16. The first-order valence-corrected chi connectivity index (χ1v) is 7.15. The van der Waals surface area contributed by atoms with Gasteiger partial charge in [0.25, 0.3) is 5.91 Å². The van der Waals surface area contributed by atoms with Gasteiger partial charge in [0.2, 0.25) is 5.75 Å². The summed E-state index contributed by atoms with van der Waals surface area (Å²) < 4.78 is 0. The van der Waals surface area contributed by atoms with Gasteiger partial charge >= 0.3 is 5.69 Å². The maximum absolute atomic E-state index is 12.5. The summed E-state index contributed by atoms with van der Waals surface area (Å²) in [6, 6.07) is 4.16. The van der Waals surface area contributed by atoms with Crippen LogP contribution in [-0.4, -0.2) is 33.9 Å². The minimum Gasteiger partial charge on any atom is -0.502 e. The molecule has 1 aliphatic rings. The molecule has 0 radical (unpaired) electrons. The normalized spacial score (nSPS) is 21.8. The standard InChI is InChI=1S/C15H20N2O4/c1-10-5-3-6-11(9-10)16(2)15(19)12-7-4-8-13(14(12)18)17(20)21/h4,7-8,10-11,18H,3,5-6,9H2,1-2H3. The van der Waals surface area contributed by atoms with E-state index in [0.717, 1.165) is 19.3 Å². The maximum atomic E-state index is 12.5. The van der Waals surface area contributed by atoms with E-state index < -0.39 is 16.4 Å². The fourth-order valence-corrected chi connectivity index (χ4v) is 2.96. The Morgan fingerprint density at radius 3 is 2.76 bits per heavy atom. The van der Waals surface area contributed by atoms with Crippen LogP contribution in [0.5, 0.6) is 5.75 Å². The van der Waals surface area contributed by atoms with Crippen LogP contribution in [0.25, 0.3) is 0 Å². The van der Waals surface area contributed by atoms with Gasteiger partial charge < -0.3 is 10.0 Å². The zero-order chi connectivity index (χ0) is 15.6. The van der Waals surface area contributed by atoms with Crippen molar-refractivity contribution in [3.8, 4) is 5.75 Å². The molecule has 1 fully saturated rings. The molecule has 1 N–H and O–H groups in total. The molecule has 1 aromatic rings. The Kier molecular flexibility index (Phi) is 4.45. The molecule has 1 aromatic carbocycles. The molecule has 0 aliphatic heterocycles. The van der Waals surface area contributed by atoms with Crippen molar-refractivity contribution in [2.45, 2.75) is 38.6 Å². The fraction of sp³-hybridized carbons (Fsp3) is 0.533. The quantitative estimate of drug-likeness (QED) is 0.685. The summed E-state index contributed by atoms with van der Waals surface area (Å²) in [5.41, 5.74) is -0.448. The lowest BCUT2D eigenvalue weighted by molar-refractivity contribution is -0.385. The number of benzene rings is 1. The SMILES string of the molecule is CC1CCCC(N(C)C(=O)c2cccc([N+](=O)[O-])c2O)C1. The number of carbonyl (C=O) groups is 1. The molecule has 2 rings (SSSR count). The molecule has 6 heteroatoms. The average molecular weight is 292 g/mol. The molecule has 114 valence electrons. The van der Waals surface area contributed by atoms with Crippen molar-refractivity contribution < 1.29 is 14.8 Å². The van der Waals surface area contributed by atoms with Gasteiger partial charge in [-0.05, 0) is 24.8 Å². The van der Waals surface area contributed by atoms with Crippen LogP contribution in [0, 0.1) is 16.0 Å². The predicted molar refractivity (Wildman–Crippen MR) is 78.3 cm³/mol. The van der Waals surface area contributed by atoms with Crippen LogP contribution in [0.4, 0.5) is 5.69 Å². The average Bonchev–Trinajstić information content (AvgIpc) is 2.45. The van der Waals surface area contributed by atoms with Crippen molar-refractivity contribution in [1.82, 2.24) is 4.90 Å². The largest absolute Gasteiger partial charge is 0.502 e. The van der Waals surface area contributed by atoms with Gasteiger partial charge in [0, 0.05) is 19.2 Å². The van der Waals surface area contributed by atoms with Gasteiger partial charge in [0.05, 0.1) is 10.5 Å². The van der Waals surface area contributed by atoms with Crippen molar-refractivity contribution in [3.05, 3.63) is 33.9 Å². The number of phenolic OH excluding ortho intramolecular Hbond substituents is 1. The Balaban J connectivity index is 2.23. The van der Waals surface area contributed by atoms with Crippen LogP contribution in [0.1, 0.15) is 43.0 Å². The van der Waals surface area contributed by atoms with Gasteiger partial charge in [0.1, 0.15) is 0 Å². The second-order valence-corrected chi connectivity index (χ2v) is 5.77. The molecule has 0 heterocycles. The van der Waals surface area contributed by atoms with E-state index in [-0.39, 0.29) is 17.5 Å². The first-order chi connectivity index (χ1) is 9.91.